The van der Waals surface area contributed by atoms with Crippen LogP contribution in [0.3, 0.4) is 0 Å². The van der Waals surface area contributed by atoms with Crippen LogP contribution in [-0.4, -0.2) is 78.3 Å². The molecule has 0 aliphatic carbocycles. The number of anilines is 2. The number of hydrogen-bond acceptors (Lipinski definition) is 8. The molecule has 0 spiro atoms. The molecular formula is C21H31N7O. The molecule has 4 rings (SSSR count). The Labute approximate surface area is 172 Å². The summed E-state index contributed by atoms with van der Waals surface area (Å²) >= 11 is 0. The van der Waals surface area contributed by atoms with Gasteiger partial charge in [-0.15, -0.1) is 0 Å². The minimum absolute atomic E-state index is 0.500. The molecule has 0 saturated carbocycles. The lowest BCUT2D eigenvalue weighted by molar-refractivity contribution is 0.122. The van der Waals surface area contributed by atoms with Gasteiger partial charge in [-0.1, -0.05) is 0 Å². The lowest BCUT2D eigenvalue weighted by Crippen LogP contribution is -2.38. The standard InChI is InChI=1S/C21H31N7O/c1-16-12-19(25-21(24-16)28-8-10-29-11-9-28)18-4-6-27(7-5-18)15-17-13-22-20(23-14-17)26(2)3/h12-14,18H,4-11,15H2,1-3H3. The van der Waals surface area contributed by atoms with Crippen molar-refractivity contribution in [2.75, 3.05) is 63.3 Å². The first-order valence-corrected chi connectivity index (χ1v) is 10.5. The monoisotopic (exact) mass is 397 g/mol. The summed E-state index contributed by atoms with van der Waals surface area (Å²) in [6.45, 7) is 8.36. The molecule has 2 saturated heterocycles. The Morgan fingerprint density at radius 2 is 1.72 bits per heavy atom. The Kier molecular flexibility index (Phi) is 6.20. The number of aromatic nitrogens is 4. The van der Waals surface area contributed by atoms with Crippen LogP contribution in [0, 0.1) is 6.92 Å². The molecule has 0 unspecified atom stereocenters. The van der Waals surface area contributed by atoms with Crippen molar-refractivity contribution in [3.63, 3.8) is 0 Å². The van der Waals surface area contributed by atoms with Gasteiger partial charge < -0.3 is 14.5 Å². The minimum Gasteiger partial charge on any atom is -0.378 e. The van der Waals surface area contributed by atoms with Crippen molar-refractivity contribution in [1.29, 1.82) is 0 Å². The SMILES string of the molecule is Cc1cc(C2CCN(Cc3cnc(N(C)C)nc3)CC2)nc(N2CCOCC2)n1. The second-order valence-electron chi connectivity index (χ2n) is 8.17. The molecule has 8 heteroatoms. The molecule has 2 fully saturated rings. The number of likely N-dealkylation sites (tertiary alicyclic amines) is 1. The molecule has 0 N–H and O–H groups in total. The summed E-state index contributed by atoms with van der Waals surface area (Å²) in [6.07, 6.45) is 6.12. The van der Waals surface area contributed by atoms with Gasteiger partial charge in [0.2, 0.25) is 11.9 Å². The van der Waals surface area contributed by atoms with Crippen LogP contribution in [0.2, 0.25) is 0 Å². The van der Waals surface area contributed by atoms with Gasteiger partial charge in [0.1, 0.15) is 0 Å². The zero-order valence-electron chi connectivity index (χ0n) is 17.7. The van der Waals surface area contributed by atoms with Gasteiger partial charge in [-0.2, -0.15) is 0 Å². The van der Waals surface area contributed by atoms with Gasteiger partial charge in [0, 0.05) is 69.0 Å². The number of ether oxygens (including phenoxy) is 1. The summed E-state index contributed by atoms with van der Waals surface area (Å²) < 4.78 is 5.46. The molecule has 8 nitrogen and oxygen atoms in total. The largest absolute Gasteiger partial charge is 0.378 e. The van der Waals surface area contributed by atoms with Gasteiger partial charge in [0.25, 0.3) is 0 Å². The molecule has 0 radical (unpaired) electrons. The first-order chi connectivity index (χ1) is 14.1. The molecule has 4 heterocycles. The van der Waals surface area contributed by atoms with Crippen LogP contribution in [0.25, 0.3) is 0 Å². The minimum atomic E-state index is 0.500. The second-order valence-corrected chi connectivity index (χ2v) is 8.17. The van der Waals surface area contributed by atoms with E-state index >= 15 is 0 Å². The van der Waals surface area contributed by atoms with E-state index in [0.717, 1.165) is 76.4 Å². The first kappa shape index (κ1) is 20.0. The van der Waals surface area contributed by atoms with Crippen molar-refractivity contribution in [2.45, 2.75) is 32.2 Å². The highest BCUT2D eigenvalue weighted by molar-refractivity contribution is 5.34. The van der Waals surface area contributed by atoms with E-state index in [0.29, 0.717) is 5.92 Å². The van der Waals surface area contributed by atoms with E-state index in [1.165, 1.54) is 11.3 Å². The Morgan fingerprint density at radius 3 is 2.38 bits per heavy atom. The topological polar surface area (TPSA) is 70.5 Å². The number of nitrogens with zero attached hydrogens (tertiary/aromatic N) is 7. The fourth-order valence-corrected chi connectivity index (χ4v) is 4.00. The highest BCUT2D eigenvalue weighted by atomic mass is 16.5. The summed E-state index contributed by atoms with van der Waals surface area (Å²) in [4.78, 5) is 25.1. The van der Waals surface area contributed by atoms with E-state index in [1.807, 2.05) is 31.4 Å². The summed E-state index contributed by atoms with van der Waals surface area (Å²) in [5.74, 6) is 2.12. The van der Waals surface area contributed by atoms with Crippen molar-refractivity contribution in [1.82, 2.24) is 24.8 Å². The van der Waals surface area contributed by atoms with Crippen molar-refractivity contribution in [3.05, 3.63) is 35.4 Å². The first-order valence-electron chi connectivity index (χ1n) is 10.5. The van der Waals surface area contributed by atoms with Gasteiger partial charge in [0.05, 0.1) is 13.2 Å². The summed E-state index contributed by atoms with van der Waals surface area (Å²) in [5, 5.41) is 0. The molecule has 29 heavy (non-hydrogen) atoms. The maximum Gasteiger partial charge on any atom is 0.225 e. The molecule has 2 aromatic heterocycles. The smallest absolute Gasteiger partial charge is 0.225 e. The van der Waals surface area contributed by atoms with Crippen molar-refractivity contribution in [3.8, 4) is 0 Å². The lowest BCUT2D eigenvalue weighted by atomic mass is 9.93. The Balaban J connectivity index is 1.36. The molecule has 156 valence electrons. The van der Waals surface area contributed by atoms with Crippen LogP contribution in [0.5, 0.6) is 0 Å². The summed E-state index contributed by atoms with van der Waals surface area (Å²) in [5.41, 5.74) is 3.41. The van der Waals surface area contributed by atoms with Crippen LogP contribution < -0.4 is 9.80 Å². The van der Waals surface area contributed by atoms with Crippen LogP contribution >= 0.6 is 0 Å². The predicted molar refractivity (Wildman–Crippen MR) is 113 cm³/mol. The van der Waals surface area contributed by atoms with Crippen LogP contribution in [-0.2, 0) is 11.3 Å². The zero-order chi connectivity index (χ0) is 20.2. The number of rotatable bonds is 5. The Hall–Kier alpha value is -2.32. The number of piperidine rings is 1. The van der Waals surface area contributed by atoms with Gasteiger partial charge >= 0.3 is 0 Å². The predicted octanol–water partition coefficient (Wildman–Crippen LogP) is 1.86. The Bertz CT molecular complexity index is 797. The molecular weight excluding hydrogens is 366 g/mol. The van der Waals surface area contributed by atoms with Crippen molar-refractivity contribution >= 4 is 11.9 Å². The van der Waals surface area contributed by atoms with Crippen molar-refractivity contribution in [2.24, 2.45) is 0 Å². The van der Waals surface area contributed by atoms with Gasteiger partial charge in [-0.25, -0.2) is 19.9 Å². The maximum absolute atomic E-state index is 5.46. The van der Waals surface area contributed by atoms with Gasteiger partial charge in [0.15, 0.2) is 0 Å². The van der Waals surface area contributed by atoms with Crippen LogP contribution in [0.15, 0.2) is 18.5 Å². The highest BCUT2D eigenvalue weighted by Gasteiger charge is 2.24. The summed E-state index contributed by atoms with van der Waals surface area (Å²) in [7, 11) is 3.91. The van der Waals surface area contributed by atoms with Crippen LogP contribution in [0.4, 0.5) is 11.9 Å². The molecule has 0 amide bonds. The Morgan fingerprint density at radius 1 is 1.03 bits per heavy atom. The van der Waals surface area contributed by atoms with Crippen LogP contribution in [0.1, 0.15) is 35.7 Å². The maximum atomic E-state index is 5.46. The fourth-order valence-electron chi connectivity index (χ4n) is 4.00. The number of hydrogen-bond donors (Lipinski definition) is 0. The average molecular weight is 398 g/mol. The molecule has 0 bridgehead atoms. The van der Waals surface area contributed by atoms with Gasteiger partial charge in [-0.3, -0.25) is 4.90 Å². The van der Waals surface area contributed by atoms with E-state index in [2.05, 4.69) is 37.7 Å². The van der Waals surface area contributed by atoms with Gasteiger partial charge in [-0.05, 0) is 38.9 Å². The third-order valence-corrected chi connectivity index (χ3v) is 5.66. The number of morpholine rings is 1. The molecule has 2 aliphatic rings. The molecule has 2 aliphatic heterocycles. The quantitative estimate of drug-likeness (QED) is 0.757. The fraction of sp³-hybridized carbons (Fsp3) is 0.619. The second kappa shape index (κ2) is 9.00. The van der Waals surface area contributed by atoms with E-state index < -0.39 is 0 Å². The normalized spacial score (nSPS) is 18.8. The molecule has 0 atom stereocenters. The average Bonchev–Trinajstić information content (AvgIpc) is 2.75. The van der Waals surface area contributed by atoms with E-state index in [4.69, 9.17) is 9.72 Å². The third-order valence-electron chi connectivity index (χ3n) is 5.66. The molecule has 0 aromatic carbocycles. The lowest BCUT2D eigenvalue weighted by Gasteiger charge is -2.32. The number of aryl methyl sites for hydroxylation is 1. The van der Waals surface area contributed by atoms with E-state index in [1.54, 1.807) is 0 Å². The van der Waals surface area contributed by atoms with E-state index in [9.17, 15) is 0 Å². The highest BCUT2D eigenvalue weighted by Crippen LogP contribution is 2.29. The molecule has 2 aromatic rings. The third kappa shape index (κ3) is 5.00. The van der Waals surface area contributed by atoms with E-state index in [-0.39, 0.29) is 0 Å². The zero-order valence-corrected chi connectivity index (χ0v) is 17.7. The summed E-state index contributed by atoms with van der Waals surface area (Å²) in [6, 6.07) is 2.16. The van der Waals surface area contributed by atoms with Crippen molar-refractivity contribution < 1.29 is 4.74 Å².